The standard InChI is InChI=1S/C19H30N2O4S/c1-15(2)25-13-7-10-20-19(22)17-9-8-16(3)18(14-17)26(23,24)21-11-5-4-6-12-21/h8-9,14-15H,4-7,10-13H2,1-3H3,(H,20,22). The first-order valence-corrected chi connectivity index (χ1v) is 10.8. The quantitative estimate of drug-likeness (QED) is 0.702. The molecule has 0 atom stereocenters. The topological polar surface area (TPSA) is 75.7 Å². The minimum absolute atomic E-state index is 0.172. The van der Waals surface area contributed by atoms with Gasteiger partial charge in [0.15, 0.2) is 0 Å². The molecule has 1 saturated heterocycles. The first kappa shape index (κ1) is 20.9. The highest BCUT2D eigenvalue weighted by Gasteiger charge is 2.28. The van der Waals surface area contributed by atoms with Crippen LogP contribution >= 0.6 is 0 Å². The summed E-state index contributed by atoms with van der Waals surface area (Å²) >= 11 is 0. The summed E-state index contributed by atoms with van der Waals surface area (Å²) in [5, 5.41) is 2.82. The molecule has 1 amide bonds. The van der Waals surface area contributed by atoms with E-state index >= 15 is 0 Å². The van der Waals surface area contributed by atoms with Crippen LogP contribution in [-0.4, -0.2) is 51.0 Å². The Labute approximate surface area is 157 Å². The molecule has 1 aromatic rings. The number of rotatable bonds is 8. The van der Waals surface area contributed by atoms with Crippen LogP contribution in [0, 0.1) is 6.92 Å². The van der Waals surface area contributed by atoms with Gasteiger partial charge in [-0.05, 0) is 57.7 Å². The van der Waals surface area contributed by atoms with Gasteiger partial charge in [0.1, 0.15) is 0 Å². The zero-order valence-electron chi connectivity index (χ0n) is 16.0. The SMILES string of the molecule is Cc1ccc(C(=O)NCCCOC(C)C)cc1S(=O)(=O)N1CCCCC1. The Morgan fingerprint density at radius 1 is 1.23 bits per heavy atom. The molecule has 0 unspecified atom stereocenters. The van der Waals surface area contributed by atoms with Crippen molar-refractivity contribution in [2.24, 2.45) is 0 Å². The van der Waals surface area contributed by atoms with Crippen LogP contribution in [0.3, 0.4) is 0 Å². The third-order valence-corrected chi connectivity index (χ3v) is 6.48. The monoisotopic (exact) mass is 382 g/mol. The Bertz CT molecular complexity index is 710. The Kier molecular flexibility index (Phi) is 7.61. The lowest BCUT2D eigenvalue weighted by atomic mass is 10.1. The van der Waals surface area contributed by atoms with Crippen LogP contribution in [0.4, 0.5) is 0 Å². The number of sulfonamides is 1. The fourth-order valence-electron chi connectivity index (χ4n) is 2.96. The van der Waals surface area contributed by atoms with Gasteiger partial charge < -0.3 is 10.1 Å². The van der Waals surface area contributed by atoms with E-state index in [9.17, 15) is 13.2 Å². The number of nitrogens with zero attached hydrogens (tertiary/aromatic N) is 1. The van der Waals surface area contributed by atoms with E-state index in [1.54, 1.807) is 19.1 Å². The van der Waals surface area contributed by atoms with E-state index in [2.05, 4.69) is 5.32 Å². The van der Waals surface area contributed by atoms with Crippen molar-refractivity contribution in [3.63, 3.8) is 0 Å². The highest BCUT2D eigenvalue weighted by Crippen LogP contribution is 2.24. The highest BCUT2D eigenvalue weighted by molar-refractivity contribution is 7.89. The normalized spacial score (nSPS) is 16.0. The molecule has 146 valence electrons. The third-order valence-electron chi connectivity index (χ3n) is 4.44. The van der Waals surface area contributed by atoms with Crippen LogP contribution in [0.1, 0.15) is 55.5 Å². The van der Waals surface area contributed by atoms with Crippen molar-refractivity contribution in [1.82, 2.24) is 9.62 Å². The van der Waals surface area contributed by atoms with Crippen LogP contribution in [0.15, 0.2) is 23.1 Å². The molecule has 26 heavy (non-hydrogen) atoms. The lowest BCUT2D eigenvalue weighted by molar-refractivity contribution is 0.0757. The first-order chi connectivity index (χ1) is 12.3. The van der Waals surface area contributed by atoms with Crippen LogP contribution < -0.4 is 5.32 Å². The van der Waals surface area contributed by atoms with Gasteiger partial charge in [0.25, 0.3) is 5.91 Å². The van der Waals surface area contributed by atoms with Crippen molar-refractivity contribution in [1.29, 1.82) is 0 Å². The summed E-state index contributed by atoms with van der Waals surface area (Å²) in [5.74, 6) is -0.260. The van der Waals surface area contributed by atoms with Gasteiger partial charge in [-0.3, -0.25) is 4.79 Å². The van der Waals surface area contributed by atoms with E-state index < -0.39 is 10.0 Å². The smallest absolute Gasteiger partial charge is 0.251 e. The number of carbonyl (C=O) groups excluding carboxylic acids is 1. The summed E-state index contributed by atoms with van der Waals surface area (Å²) in [6, 6.07) is 4.87. The number of benzene rings is 1. The van der Waals surface area contributed by atoms with E-state index in [-0.39, 0.29) is 16.9 Å². The van der Waals surface area contributed by atoms with E-state index in [1.807, 2.05) is 13.8 Å². The lowest BCUT2D eigenvalue weighted by Gasteiger charge is -2.26. The van der Waals surface area contributed by atoms with Crippen LogP contribution in [0.2, 0.25) is 0 Å². The second-order valence-electron chi connectivity index (χ2n) is 6.97. The van der Waals surface area contributed by atoms with Gasteiger partial charge in [-0.1, -0.05) is 12.5 Å². The molecule has 1 aromatic carbocycles. The van der Waals surface area contributed by atoms with Crippen LogP contribution in [0.25, 0.3) is 0 Å². The Morgan fingerprint density at radius 3 is 2.58 bits per heavy atom. The second-order valence-corrected chi connectivity index (χ2v) is 8.88. The summed E-state index contributed by atoms with van der Waals surface area (Å²) in [6.45, 7) is 7.88. The molecular formula is C19H30N2O4S. The minimum Gasteiger partial charge on any atom is -0.379 e. The zero-order chi connectivity index (χ0) is 19.2. The Morgan fingerprint density at radius 2 is 1.92 bits per heavy atom. The van der Waals surface area contributed by atoms with Gasteiger partial charge in [-0.2, -0.15) is 4.31 Å². The number of piperidine rings is 1. The molecule has 1 N–H and O–H groups in total. The molecule has 0 bridgehead atoms. The van der Waals surface area contributed by atoms with Crippen molar-refractivity contribution >= 4 is 15.9 Å². The lowest BCUT2D eigenvalue weighted by Crippen LogP contribution is -2.36. The molecule has 6 nitrogen and oxygen atoms in total. The average molecular weight is 383 g/mol. The maximum atomic E-state index is 12.9. The number of hydrogen-bond acceptors (Lipinski definition) is 4. The maximum absolute atomic E-state index is 12.9. The van der Waals surface area contributed by atoms with Crippen molar-refractivity contribution in [3.8, 4) is 0 Å². The third kappa shape index (κ3) is 5.53. The van der Waals surface area contributed by atoms with E-state index in [4.69, 9.17) is 4.74 Å². The zero-order valence-corrected chi connectivity index (χ0v) is 16.8. The minimum atomic E-state index is -3.55. The predicted molar refractivity (Wildman–Crippen MR) is 102 cm³/mol. The van der Waals surface area contributed by atoms with Gasteiger partial charge in [-0.25, -0.2) is 8.42 Å². The van der Waals surface area contributed by atoms with Gasteiger partial charge in [0, 0.05) is 31.8 Å². The van der Waals surface area contributed by atoms with E-state index in [0.29, 0.717) is 43.8 Å². The fraction of sp³-hybridized carbons (Fsp3) is 0.632. The molecule has 0 spiro atoms. The number of amides is 1. The first-order valence-electron chi connectivity index (χ1n) is 9.33. The molecule has 0 aliphatic carbocycles. The summed E-state index contributed by atoms with van der Waals surface area (Å²) < 4.78 is 32.8. The molecule has 0 saturated carbocycles. The van der Waals surface area contributed by atoms with Crippen molar-refractivity contribution in [3.05, 3.63) is 29.3 Å². The van der Waals surface area contributed by atoms with Gasteiger partial charge in [-0.15, -0.1) is 0 Å². The molecule has 0 radical (unpaired) electrons. The highest BCUT2D eigenvalue weighted by atomic mass is 32.2. The number of ether oxygens (including phenoxy) is 1. The predicted octanol–water partition coefficient (Wildman–Crippen LogP) is 2.71. The summed E-state index contributed by atoms with van der Waals surface area (Å²) in [7, 11) is -3.55. The Hall–Kier alpha value is -1.44. The van der Waals surface area contributed by atoms with Gasteiger partial charge >= 0.3 is 0 Å². The largest absolute Gasteiger partial charge is 0.379 e. The fourth-order valence-corrected chi connectivity index (χ4v) is 4.73. The maximum Gasteiger partial charge on any atom is 0.251 e. The molecular weight excluding hydrogens is 352 g/mol. The number of hydrogen-bond donors (Lipinski definition) is 1. The van der Waals surface area contributed by atoms with Crippen molar-refractivity contribution in [2.75, 3.05) is 26.2 Å². The number of carbonyl (C=O) groups is 1. The summed E-state index contributed by atoms with van der Waals surface area (Å²) in [4.78, 5) is 12.6. The van der Waals surface area contributed by atoms with Gasteiger partial charge in [0.2, 0.25) is 10.0 Å². The summed E-state index contributed by atoms with van der Waals surface area (Å²) in [6.07, 6.45) is 3.72. The van der Waals surface area contributed by atoms with E-state index in [0.717, 1.165) is 19.3 Å². The van der Waals surface area contributed by atoms with Crippen LogP contribution in [-0.2, 0) is 14.8 Å². The summed E-state index contributed by atoms with van der Waals surface area (Å²) in [5.41, 5.74) is 1.04. The molecule has 0 aromatic heterocycles. The number of nitrogens with one attached hydrogen (secondary N) is 1. The Balaban J connectivity index is 2.05. The molecule has 1 aliphatic heterocycles. The van der Waals surface area contributed by atoms with E-state index in [1.165, 1.54) is 10.4 Å². The average Bonchev–Trinajstić information content (AvgIpc) is 2.62. The molecule has 1 aliphatic rings. The van der Waals surface area contributed by atoms with Crippen molar-refractivity contribution in [2.45, 2.75) is 57.5 Å². The molecule has 2 rings (SSSR count). The van der Waals surface area contributed by atoms with Crippen molar-refractivity contribution < 1.29 is 17.9 Å². The molecule has 1 heterocycles. The molecule has 1 fully saturated rings. The second kappa shape index (κ2) is 9.48. The number of aryl methyl sites for hydroxylation is 1. The van der Waals surface area contributed by atoms with Crippen LogP contribution in [0.5, 0.6) is 0 Å². The van der Waals surface area contributed by atoms with Gasteiger partial charge in [0.05, 0.1) is 11.0 Å². The molecule has 7 heteroatoms.